The van der Waals surface area contributed by atoms with Crippen LogP contribution in [-0.2, 0) is 11.3 Å². The molecule has 1 fully saturated rings. The number of hydrogen-bond acceptors (Lipinski definition) is 3. The molecule has 27 heavy (non-hydrogen) atoms. The zero-order valence-corrected chi connectivity index (χ0v) is 16.0. The predicted molar refractivity (Wildman–Crippen MR) is 104 cm³/mol. The Morgan fingerprint density at radius 3 is 2.44 bits per heavy atom. The molecule has 0 saturated carbocycles. The van der Waals surface area contributed by atoms with Crippen LogP contribution in [0.25, 0.3) is 0 Å². The lowest BCUT2D eigenvalue weighted by Gasteiger charge is -2.25. The zero-order chi connectivity index (χ0) is 19.2. The highest BCUT2D eigenvalue weighted by atomic mass is 19.1. The normalized spacial score (nSPS) is 16.6. The number of carbonyl (C=O) groups excluding carboxylic acids is 1. The van der Waals surface area contributed by atoms with Gasteiger partial charge in [-0.2, -0.15) is 0 Å². The standard InChI is InChI=1S/C22H27FN2O2/c1-17-4-10-21(11-5-17)27-18(2)22(26)25-13-3-12-24(14-15-25)16-19-6-8-20(23)9-7-19/h4-11,18H,3,12-16H2,1-2H3. The van der Waals surface area contributed by atoms with E-state index < -0.39 is 6.10 Å². The minimum Gasteiger partial charge on any atom is -0.481 e. The number of benzene rings is 2. The summed E-state index contributed by atoms with van der Waals surface area (Å²) in [5, 5.41) is 0. The summed E-state index contributed by atoms with van der Waals surface area (Å²) >= 11 is 0. The van der Waals surface area contributed by atoms with Gasteiger partial charge in [-0.1, -0.05) is 29.8 Å². The van der Waals surface area contributed by atoms with Crippen LogP contribution in [0.4, 0.5) is 4.39 Å². The lowest BCUT2D eigenvalue weighted by Crippen LogP contribution is -2.42. The van der Waals surface area contributed by atoms with Crippen molar-refractivity contribution in [1.29, 1.82) is 0 Å². The third-order valence-electron chi connectivity index (χ3n) is 4.90. The van der Waals surface area contributed by atoms with E-state index in [1.165, 1.54) is 12.1 Å². The first-order valence-corrected chi connectivity index (χ1v) is 9.50. The highest BCUT2D eigenvalue weighted by Crippen LogP contribution is 2.16. The highest BCUT2D eigenvalue weighted by Gasteiger charge is 2.24. The fraction of sp³-hybridized carbons (Fsp3) is 0.409. The summed E-state index contributed by atoms with van der Waals surface area (Å²) in [6.07, 6.45) is 0.417. The van der Waals surface area contributed by atoms with Crippen LogP contribution in [0.3, 0.4) is 0 Å². The van der Waals surface area contributed by atoms with Crippen LogP contribution in [0.2, 0.25) is 0 Å². The van der Waals surface area contributed by atoms with Crippen LogP contribution < -0.4 is 4.74 Å². The molecule has 1 amide bonds. The Hall–Kier alpha value is -2.40. The third-order valence-corrected chi connectivity index (χ3v) is 4.90. The lowest BCUT2D eigenvalue weighted by atomic mass is 10.2. The second-order valence-corrected chi connectivity index (χ2v) is 7.15. The molecule has 1 heterocycles. The monoisotopic (exact) mass is 370 g/mol. The number of halogens is 1. The molecule has 0 spiro atoms. The van der Waals surface area contributed by atoms with Crippen molar-refractivity contribution in [3.8, 4) is 5.75 Å². The number of nitrogens with zero attached hydrogens (tertiary/aromatic N) is 2. The van der Waals surface area contributed by atoms with Gasteiger partial charge in [0.15, 0.2) is 6.10 Å². The molecule has 3 rings (SSSR count). The number of amides is 1. The quantitative estimate of drug-likeness (QED) is 0.806. The average Bonchev–Trinajstić information content (AvgIpc) is 2.90. The molecule has 4 nitrogen and oxygen atoms in total. The molecule has 2 aromatic rings. The van der Waals surface area contributed by atoms with Crippen molar-refractivity contribution in [1.82, 2.24) is 9.80 Å². The van der Waals surface area contributed by atoms with Crippen LogP contribution in [0, 0.1) is 12.7 Å². The molecular formula is C22H27FN2O2. The van der Waals surface area contributed by atoms with Crippen LogP contribution in [0.15, 0.2) is 48.5 Å². The Morgan fingerprint density at radius 2 is 1.74 bits per heavy atom. The molecular weight excluding hydrogens is 343 g/mol. The van der Waals surface area contributed by atoms with Gasteiger partial charge in [0.2, 0.25) is 0 Å². The first-order valence-electron chi connectivity index (χ1n) is 9.50. The first kappa shape index (κ1) is 19.4. The zero-order valence-electron chi connectivity index (χ0n) is 16.0. The summed E-state index contributed by atoms with van der Waals surface area (Å²) in [7, 11) is 0. The Kier molecular flexibility index (Phi) is 6.45. The fourth-order valence-electron chi connectivity index (χ4n) is 3.33. The van der Waals surface area contributed by atoms with Crippen molar-refractivity contribution >= 4 is 5.91 Å². The van der Waals surface area contributed by atoms with Gasteiger partial charge in [0.25, 0.3) is 5.91 Å². The summed E-state index contributed by atoms with van der Waals surface area (Å²) in [5.41, 5.74) is 2.25. The van der Waals surface area contributed by atoms with Crippen molar-refractivity contribution < 1.29 is 13.9 Å². The second-order valence-electron chi connectivity index (χ2n) is 7.15. The topological polar surface area (TPSA) is 32.8 Å². The van der Waals surface area contributed by atoms with E-state index in [1.807, 2.05) is 55.1 Å². The summed E-state index contributed by atoms with van der Waals surface area (Å²) in [5.74, 6) is 0.530. The predicted octanol–water partition coefficient (Wildman–Crippen LogP) is 3.64. The molecule has 1 aliphatic rings. The number of aryl methyl sites for hydroxylation is 1. The largest absolute Gasteiger partial charge is 0.481 e. The summed E-state index contributed by atoms with van der Waals surface area (Å²) in [6.45, 7) is 7.76. The number of rotatable bonds is 5. The van der Waals surface area contributed by atoms with Crippen LogP contribution in [-0.4, -0.2) is 48.0 Å². The smallest absolute Gasteiger partial charge is 0.263 e. The van der Waals surface area contributed by atoms with Crippen molar-refractivity contribution in [3.63, 3.8) is 0 Å². The molecule has 1 atom stereocenters. The Bertz CT molecular complexity index is 746. The maximum Gasteiger partial charge on any atom is 0.263 e. The van der Waals surface area contributed by atoms with E-state index in [4.69, 9.17) is 4.74 Å². The fourth-order valence-corrected chi connectivity index (χ4v) is 3.33. The van der Waals surface area contributed by atoms with Crippen molar-refractivity contribution in [2.24, 2.45) is 0 Å². The maximum atomic E-state index is 13.1. The van der Waals surface area contributed by atoms with Crippen molar-refractivity contribution in [2.75, 3.05) is 26.2 Å². The number of carbonyl (C=O) groups is 1. The third kappa shape index (κ3) is 5.54. The molecule has 1 unspecified atom stereocenters. The number of ether oxygens (including phenoxy) is 1. The molecule has 0 radical (unpaired) electrons. The van der Waals surface area contributed by atoms with Gasteiger partial charge in [-0.15, -0.1) is 0 Å². The molecule has 2 aromatic carbocycles. The van der Waals surface area contributed by atoms with Crippen LogP contribution in [0.5, 0.6) is 5.75 Å². The van der Waals surface area contributed by atoms with E-state index in [0.29, 0.717) is 12.3 Å². The Balaban J connectivity index is 1.52. The molecule has 0 N–H and O–H groups in total. The van der Waals surface area contributed by atoms with Crippen LogP contribution in [0.1, 0.15) is 24.5 Å². The van der Waals surface area contributed by atoms with E-state index in [9.17, 15) is 9.18 Å². The van der Waals surface area contributed by atoms with Gasteiger partial charge < -0.3 is 9.64 Å². The number of hydrogen-bond donors (Lipinski definition) is 0. The molecule has 0 aliphatic carbocycles. The SMILES string of the molecule is Cc1ccc(OC(C)C(=O)N2CCCN(Cc3ccc(F)cc3)CC2)cc1. The minimum atomic E-state index is -0.503. The molecule has 1 saturated heterocycles. The molecule has 1 aliphatic heterocycles. The molecule has 0 aromatic heterocycles. The Labute approximate surface area is 160 Å². The second kappa shape index (κ2) is 9.00. The van der Waals surface area contributed by atoms with E-state index in [1.54, 1.807) is 0 Å². The van der Waals surface area contributed by atoms with E-state index in [2.05, 4.69) is 4.90 Å². The van der Waals surface area contributed by atoms with Gasteiger partial charge in [-0.05, 0) is 50.1 Å². The summed E-state index contributed by atoms with van der Waals surface area (Å²) in [4.78, 5) is 17.0. The average molecular weight is 370 g/mol. The molecule has 144 valence electrons. The maximum absolute atomic E-state index is 13.1. The van der Waals surface area contributed by atoms with Gasteiger partial charge in [0, 0.05) is 32.7 Å². The summed E-state index contributed by atoms with van der Waals surface area (Å²) < 4.78 is 18.9. The van der Waals surface area contributed by atoms with Crippen LogP contribution >= 0.6 is 0 Å². The van der Waals surface area contributed by atoms with Crippen molar-refractivity contribution in [2.45, 2.75) is 32.9 Å². The van der Waals surface area contributed by atoms with E-state index in [-0.39, 0.29) is 11.7 Å². The van der Waals surface area contributed by atoms with Crippen molar-refractivity contribution in [3.05, 3.63) is 65.5 Å². The minimum absolute atomic E-state index is 0.0270. The first-order chi connectivity index (χ1) is 13.0. The van der Waals surface area contributed by atoms with E-state index >= 15 is 0 Å². The Morgan fingerprint density at radius 1 is 1.04 bits per heavy atom. The highest BCUT2D eigenvalue weighted by molar-refractivity contribution is 5.81. The van der Waals surface area contributed by atoms with Gasteiger partial charge >= 0.3 is 0 Å². The molecule has 5 heteroatoms. The van der Waals surface area contributed by atoms with Gasteiger partial charge in [-0.3, -0.25) is 9.69 Å². The molecule has 0 bridgehead atoms. The summed E-state index contributed by atoms with van der Waals surface area (Å²) in [6, 6.07) is 14.4. The lowest BCUT2D eigenvalue weighted by molar-refractivity contribution is -0.137. The van der Waals surface area contributed by atoms with E-state index in [0.717, 1.165) is 43.7 Å². The van der Waals surface area contributed by atoms with Gasteiger partial charge in [-0.25, -0.2) is 4.39 Å². The van der Waals surface area contributed by atoms with Gasteiger partial charge in [0.1, 0.15) is 11.6 Å². The van der Waals surface area contributed by atoms with Gasteiger partial charge in [0.05, 0.1) is 0 Å².